The standard InChI is InChI=1S/C28H33N3O4S/c1-5-35-28(33)26-25(21-11-9-19(2)10-12-21)20(3)36-27(26)29-24(32)18-30-13-15-31(16-14-30)22-7-6-8-23(17-22)34-4/h6-12,17H,5,13-16,18H2,1-4H3,(H,29,32). The molecule has 0 radical (unpaired) electrons. The zero-order valence-electron chi connectivity index (χ0n) is 21.3. The molecule has 1 saturated heterocycles. The molecular formula is C28H33N3O4S. The number of methoxy groups -OCH3 is 1. The monoisotopic (exact) mass is 507 g/mol. The number of esters is 1. The molecule has 0 spiro atoms. The van der Waals surface area contributed by atoms with Gasteiger partial charge in [-0.25, -0.2) is 4.79 Å². The average molecular weight is 508 g/mol. The Morgan fingerprint density at radius 3 is 2.42 bits per heavy atom. The van der Waals surface area contributed by atoms with Gasteiger partial charge in [0.25, 0.3) is 0 Å². The van der Waals surface area contributed by atoms with Crippen molar-refractivity contribution in [2.24, 2.45) is 0 Å². The molecule has 1 aliphatic heterocycles. The maximum absolute atomic E-state index is 13.0. The van der Waals surface area contributed by atoms with Gasteiger partial charge < -0.3 is 19.7 Å². The smallest absolute Gasteiger partial charge is 0.341 e. The van der Waals surface area contributed by atoms with E-state index in [9.17, 15) is 9.59 Å². The van der Waals surface area contributed by atoms with Crippen molar-refractivity contribution in [3.8, 4) is 16.9 Å². The van der Waals surface area contributed by atoms with Crippen LogP contribution in [0, 0.1) is 13.8 Å². The number of benzene rings is 2. The van der Waals surface area contributed by atoms with Crippen LogP contribution in [-0.2, 0) is 9.53 Å². The molecule has 2 aromatic carbocycles. The molecule has 3 aromatic rings. The summed E-state index contributed by atoms with van der Waals surface area (Å²) in [6.07, 6.45) is 0. The second-order valence-electron chi connectivity index (χ2n) is 8.84. The second kappa shape index (κ2) is 11.6. The minimum Gasteiger partial charge on any atom is -0.497 e. The van der Waals surface area contributed by atoms with E-state index in [1.54, 1.807) is 14.0 Å². The maximum atomic E-state index is 13.0. The number of aryl methyl sites for hydroxylation is 2. The molecule has 36 heavy (non-hydrogen) atoms. The molecule has 0 bridgehead atoms. The first kappa shape index (κ1) is 25.7. The van der Waals surface area contributed by atoms with Gasteiger partial charge in [0.05, 0.1) is 20.3 Å². The largest absolute Gasteiger partial charge is 0.497 e. The van der Waals surface area contributed by atoms with Gasteiger partial charge in [-0.2, -0.15) is 0 Å². The first-order valence-electron chi connectivity index (χ1n) is 12.2. The number of thiophene rings is 1. The highest BCUT2D eigenvalue weighted by molar-refractivity contribution is 7.17. The summed E-state index contributed by atoms with van der Waals surface area (Å²) in [6, 6.07) is 16.1. The Hall–Kier alpha value is -3.36. The molecule has 0 aliphatic carbocycles. The molecule has 7 nitrogen and oxygen atoms in total. The lowest BCUT2D eigenvalue weighted by molar-refractivity contribution is -0.117. The molecule has 1 fully saturated rings. The third-order valence-corrected chi connectivity index (χ3v) is 7.34. The average Bonchev–Trinajstić information content (AvgIpc) is 3.20. The van der Waals surface area contributed by atoms with Crippen LogP contribution in [0.25, 0.3) is 11.1 Å². The Morgan fingerprint density at radius 1 is 1.03 bits per heavy atom. The van der Waals surface area contributed by atoms with E-state index in [0.29, 0.717) is 10.6 Å². The van der Waals surface area contributed by atoms with Crippen LogP contribution in [0.2, 0.25) is 0 Å². The molecular weight excluding hydrogens is 474 g/mol. The van der Waals surface area contributed by atoms with E-state index < -0.39 is 5.97 Å². The number of carbonyl (C=O) groups excluding carboxylic acids is 2. The predicted molar refractivity (Wildman–Crippen MR) is 145 cm³/mol. The van der Waals surface area contributed by atoms with Gasteiger partial charge in [-0.05, 0) is 38.5 Å². The molecule has 4 rings (SSSR count). The Labute approximate surface area is 216 Å². The minimum atomic E-state index is -0.417. The fourth-order valence-electron chi connectivity index (χ4n) is 4.44. The maximum Gasteiger partial charge on any atom is 0.341 e. The minimum absolute atomic E-state index is 0.132. The van der Waals surface area contributed by atoms with Crippen LogP contribution in [0.15, 0.2) is 48.5 Å². The third kappa shape index (κ3) is 5.88. The molecule has 1 N–H and O–H groups in total. The number of anilines is 2. The quantitative estimate of drug-likeness (QED) is 0.434. The van der Waals surface area contributed by atoms with Gasteiger partial charge in [-0.3, -0.25) is 9.69 Å². The number of hydrogen-bond acceptors (Lipinski definition) is 7. The number of piperazine rings is 1. The lowest BCUT2D eigenvalue weighted by atomic mass is 10.0. The number of carbonyl (C=O) groups is 2. The van der Waals surface area contributed by atoms with Crippen molar-refractivity contribution in [3.05, 3.63) is 64.5 Å². The molecule has 0 unspecified atom stereocenters. The summed E-state index contributed by atoms with van der Waals surface area (Å²) < 4.78 is 10.7. The van der Waals surface area contributed by atoms with Gasteiger partial charge in [0, 0.05) is 48.4 Å². The fraction of sp³-hybridized carbons (Fsp3) is 0.357. The summed E-state index contributed by atoms with van der Waals surface area (Å²) in [7, 11) is 1.67. The zero-order chi connectivity index (χ0) is 25.7. The molecule has 2 heterocycles. The highest BCUT2D eigenvalue weighted by Gasteiger charge is 2.26. The van der Waals surface area contributed by atoms with Crippen molar-refractivity contribution < 1.29 is 19.1 Å². The number of nitrogens with one attached hydrogen (secondary N) is 1. The molecule has 190 valence electrons. The molecule has 0 atom stereocenters. The van der Waals surface area contributed by atoms with E-state index in [1.807, 2.05) is 56.3 Å². The van der Waals surface area contributed by atoms with Crippen molar-refractivity contribution in [2.75, 3.05) is 56.7 Å². The first-order chi connectivity index (χ1) is 17.4. The number of amides is 1. The van der Waals surface area contributed by atoms with Crippen LogP contribution in [0.5, 0.6) is 5.75 Å². The van der Waals surface area contributed by atoms with Gasteiger partial charge in [0.2, 0.25) is 5.91 Å². The van der Waals surface area contributed by atoms with Crippen LogP contribution in [0.1, 0.15) is 27.7 Å². The molecule has 1 aromatic heterocycles. The Balaban J connectivity index is 1.44. The van der Waals surface area contributed by atoms with Crippen molar-refractivity contribution in [1.29, 1.82) is 0 Å². The van der Waals surface area contributed by atoms with E-state index in [1.165, 1.54) is 11.3 Å². The van der Waals surface area contributed by atoms with Gasteiger partial charge in [0.15, 0.2) is 0 Å². The Kier molecular flexibility index (Phi) is 8.28. The van der Waals surface area contributed by atoms with Gasteiger partial charge in [0.1, 0.15) is 16.3 Å². The normalized spacial score (nSPS) is 13.9. The van der Waals surface area contributed by atoms with Gasteiger partial charge in [-0.1, -0.05) is 35.9 Å². The van der Waals surface area contributed by atoms with E-state index in [4.69, 9.17) is 9.47 Å². The van der Waals surface area contributed by atoms with E-state index in [2.05, 4.69) is 21.2 Å². The Bertz CT molecular complexity index is 1210. The lowest BCUT2D eigenvalue weighted by Crippen LogP contribution is -2.48. The zero-order valence-corrected chi connectivity index (χ0v) is 22.1. The summed E-state index contributed by atoms with van der Waals surface area (Å²) >= 11 is 1.41. The SMILES string of the molecule is CCOC(=O)c1c(NC(=O)CN2CCN(c3cccc(OC)c3)CC2)sc(C)c1-c1ccc(C)cc1. The fourth-order valence-corrected chi connectivity index (χ4v) is 5.52. The molecule has 8 heteroatoms. The van der Waals surface area contributed by atoms with Crippen molar-refractivity contribution in [1.82, 2.24) is 4.90 Å². The van der Waals surface area contributed by atoms with Crippen LogP contribution in [-0.4, -0.2) is 63.2 Å². The van der Waals surface area contributed by atoms with Gasteiger partial charge >= 0.3 is 5.97 Å². The lowest BCUT2D eigenvalue weighted by Gasteiger charge is -2.35. The third-order valence-electron chi connectivity index (χ3n) is 6.32. The van der Waals surface area contributed by atoms with E-state index >= 15 is 0 Å². The summed E-state index contributed by atoms with van der Waals surface area (Å²) in [6.45, 7) is 9.51. The number of hydrogen-bond donors (Lipinski definition) is 1. The number of nitrogens with zero attached hydrogens (tertiary/aromatic N) is 2. The topological polar surface area (TPSA) is 71.1 Å². The van der Waals surface area contributed by atoms with Gasteiger partial charge in [-0.15, -0.1) is 11.3 Å². The summed E-state index contributed by atoms with van der Waals surface area (Å²) in [5.74, 6) is 0.287. The highest BCUT2D eigenvalue weighted by atomic mass is 32.1. The van der Waals surface area contributed by atoms with Crippen LogP contribution >= 0.6 is 11.3 Å². The molecule has 1 amide bonds. The van der Waals surface area contributed by atoms with Crippen LogP contribution < -0.4 is 15.0 Å². The molecule has 1 aliphatic rings. The second-order valence-corrected chi connectivity index (χ2v) is 10.1. The van der Waals surface area contributed by atoms with Crippen LogP contribution in [0.3, 0.4) is 0 Å². The van der Waals surface area contributed by atoms with Crippen LogP contribution in [0.4, 0.5) is 10.7 Å². The van der Waals surface area contributed by atoms with Crippen molar-refractivity contribution >= 4 is 33.9 Å². The highest BCUT2D eigenvalue weighted by Crippen LogP contribution is 2.40. The Morgan fingerprint density at radius 2 is 1.75 bits per heavy atom. The number of rotatable bonds is 8. The number of ether oxygens (including phenoxy) is 2. The first-order valence-corrected chi connectivity index (χ1v) is 13.0. The summed E-state index contributed by atoms with van der Waals surface area (Å²) in [5.41, 5.74) is 4.45. The van der Waals surface area contributed by atoms with Crippen molar-refractivity contribution in [2.45, 2.75) is 20.8 Å². The summed E-state index contributed by atoms with van der Waals surface area (Å²) in [4.78, 5) is 31.4. The summed E-state index contributed by atoms with van der Waals surface area (Å²) in [5, 5.41) is 3.55. The van der Waals surface area contributed by atoms with E-state index in [0.717, 1.165) is 59.2 Å². The predicted octanol–water partition coefficient (Wildman–Crippen LogP) is 4.98. The van der Waals surface area contributed by atoms with E-state index in [-0.39, 0.29) is 19.1 Å². The van der Waals surface area contributed by atoms with Crippen molar-refractivity contribution in [3.63, 3.8) is 0 Å². The molecule has 0 saturated carbocycles.